The van der Waals surface area contributed by atoms with Gasteiger partial charge in [-0.25, -0.2) is 0 Å². The molecule has 0 aromatic rings. The Labute approximate surface area is 129 Å². The van der Waals surface area contributed by atoms with E-state index in [1.807, 2.05) is 0 Å². The van der Waals surface area contributed by atoms with E-state index in [1.54, 1.807) is 0 Å². The molecule has 0 aliphatic heterocycles. The lowest BCUT2D eigenvalue weighted by atomic mass is 10.1. The van der Waals surface area contributed by atoms with Crippen molar-refractivity contribution in [3.05, 3.63) is 0 Å². The van der Waals surface area contributed by atoms with Crippen molar-refractivity contribution < 1.29 is 29.4 Å². The molecule has 0 spiro atoms. The lowest BCUT2D eigenvalue weighted by Gasteiger charge is -2.09. The van der Waals surface area contributed by atoms with Gasteiger partial charge in [-0.3, -0.25) is 19.2 Å². The van der Waals surface area contributed by atoms with Gasteiger partial charge in [-0.15, -0.1) is 0 Å². The molecule has 0 radical (unpaired) electrons. The molecule has 2 atom stereocenters. The van der Waals surface area contributed by atoms with Crippen LogP contribution in [0.15, 0.2) is 0 Å². The first-order valence-corrected chi connectivity index (χ1v) is 7.28. The number of aliphatic carboxylic acids is 2. The Morgan fingerprint density at radius 3 is 1.32 bits per heavy atom. The molecule has 0 saturated carbocycles. The van der Waals surface area contributed by atoms with E-state index in [9.17, 15) is 19.2 Å². The van der Waals surface area contributed by atoms with Crippen molar-refractivity contribution in [3.8, 4) is 0 Å². The number of unbranched alkanes of at least 4 members (excludes halogenated alkanes) is 3. The van der Waals surface area contributed by atoms with Gasteiger partial charge in [0, 0.05) is 12.8 Å². The molecule has 22 heavy (non-hydrogen) atoms. The first-order valence-electron chi connectivity index (χ1n) is 7.28. The molecule has 0 fully saturated rings. The number of amides is 2. The standard InChI is InChI=1S/C14H24N2O6/c1-9(13(19)20)15-11(17)7-5-3-4-6-8-12(18)16-10(2)14(21)22/h9-10H,3-8H2,1-2H3,(H,15,17)(H,16,18)(H,19,20)(H,21,22)/t9-,10-/m0/s1. The zero-order valence-corrected chi connectivity index (χ0v) is 12.9. The van der Waals surface area contributed by atoms with Crippen LogP contribution in [-0.4, -0.2) is 46.0 Å². The van der Waals surface area contributed by atoms with Gasteiger partial charge < -0.3 is 20.8 Å². The Kier molecular flexibility index (Phi) is 9.56. The Bertz CT molecular complexity index is 372. The molecule has 0 heterocycles. The maximum absolute atomic E-state index is 11.4. The predicted octanol–water partition coefficient (Wildman–Crippen LogP) is 0.506. The van der Waals surface area contributed by atoms with Crippen molar-refractivity contribution in [3.63, 3.8) is 0 Å². The molecule has 0 unspecified atom stereocenters. The van der Waals surface area contributed by atoms with E-state index >= 15 is 0 Å². The fourth-order valence-corrected chi connectivity index (χ4v) is 1.68. The normalized spacial score (nSPS) is 13.0. The quantitative estimate of drug-likeness (QED) is 0.410. The van der Waals surface area contributed by atoms with Crippen LogP contribution >= 0.6 is 0 Å². The summed E-state index contributed by atoms with van der Waals surface area (Å²) < 4.78 is 0. The third kappa shape index (κ3) is 9.73. The second-order valence-electron chi connectivity index (χ2n) is 5.17. The molecule has 4 N–H and O–H groups in total. The van der Waals surface area contributed by atoms with E-state index in [0.717, 1.165) is 12.8 Å². The second-order valence-corrected chi connectivity index (χ2v) is 5.17. The number of hydrogen-bond acceptors (Lipinski definition) is 4. The number of rotatable bonds is 11. The molecule has 0 bridgehead atoms. The molecule has 0 aromatic heterocycles. The van der Waals surface area contributed by atoms with Gasteiger partial charge >= 0.3 is 11.9 Å². The van der Waals surface area contributed by atoms with E-state index in [-0.39, 0.29) is 24.7 Å². The highest BCUT2D eigenvalue weighted by molar-refractivity contribution is 5.83. The highest BCUT2D eigenvalue weighted by Gasteiger charge is 2.14. The Balaban J connectivity index is 3.62. The maximum Gasteiger partial charge on any atom is 0.325 e. The molecule has 0 saturated heterocycles. The number of carbonyl (C=O) groups excluding carboxylic acids is 2. The van der Waals surface area contributed by atoms with Crippen LogP contribution in [0.4, 0.5) is 0 Å². The summed E-state index contributed by atoms with van der Waals surface area (Å²) in [7, 11) is 0. The number of carboxylic acids is 2. The van der Waals surface area contributed by atoms with Crippen molar-refractivity contribution >= 4 is 23.8 Å². The van der Waals surface area contributed by atoms with Crippen LogP contribution < -0.4 is 10.6 Å². The van der Waals surface area contributed by atoms with Crippen LogP contribution in [0.25, 0.3) is 0 Å². The van der Waals surface area contributed by atoms with Gasteiger partial charge in [-0.1, -0.05) is 12.8 Å². The summed E-state index contributed by atoms with van der Waals surface area (Å²) in [6.45, 7) is 2.80. The van der Waals surface area contributed by atoms with Crippen LogP contribution in [0.5, 0.6) is 0 Å². The van der Waals surface area contributed by atoms with E-state index < -0.39 is 24.0 Å². The second kappa shape index (κ2) is 10.6. The monoisotopic (exact) mass is 316 g/mol. The lowest BCUT2D eigenvalue weighted by molar-refractivity contribution is -0.141. The van der Waals surface area contributed by atoms with Crippen LogP contribution in [0, 0.1) is 0 Å². The van der Waals surface area contributed by atoms with Gasteiger partial charge in [0.05, 0.1) is 0 Å². The van der Waals surface area contributed by atoms with Crippen LogP contribution in [0.3, 0.4) is 0 Å². The third-order valence-corrected chi connectivity index (χ3v) is 3.05. The topological polar surface area (TPSA) is 133 Å². The molecule has 126 valence electrons. The van der Waals surface area contributed by atoms with Crippen molar-refractivity contribution in [2.75, 3.05) is 0 Å². The Morgan fingerprint density at radius 2 is 1.05 bits per heavy atom. The number of nitrogens with one attached hydrogen (secondary N) is 2. The molecular weight excluding hydrogens is 292 g/mol. The molecule has 0 aromatic carbocycles. The van der Waals surface area contributed by atoms with Gasteiger partial charge in [0.1, 0.15) is 12.1 Å². The molecule has 2 amide bonds. The van der Waals surface area contributed by atoms with Gasteiger partial charge in [-0.2, -0.15) is 0 Å². The summed E-state index contributed by atoms with van der Waals surface area (Å²) in [5, 5.41) is 22.0. The summed E-state index contributed by atoms with van der Waals surface area (Å²) in [5.41, 5.74) is 0. The third-order valence-electron chi connectivity index (χ3n) is 3.05. The number of hydrogen-bond donors (Lipinski definition) is 4. The van der Waals surface area contributed by atoms with E-state index in [1.165, 1.54) is 13.8 Å². The maximum atomic E-state index is 11.4. The summed E-state index contributed by atoms with van der Waals surface area (Å²) in [6.07, 6.45) is 3.23. The summed E-state index contributed by atoms with van der Waals surface area (Å²) in [5.74, 6) is -2.75. The zero-order valence-electron chi connectivity index (χ0n) is 12.9. The Morgan fingerprint density at radius 1 is 0.727 bits per heavy atom. The van der Waals surface area contributed by atoms with Crippen molar-refractivity contribution in [1.29, 1.82) is 0 Å². The average Bonchev–Trinajstić information content (AvgIpc) is 2.42. The smallest absolute Gasteiger partial charge is 0.325 e. The summed E-state index contributed by atoms with van der Waals surface area (Å²) >= 11 is 0. The number of carbonyl (C=O) groups is 4. The average molecular weight is 316 g/mol. The lowest BCUT2D eigenvalue weighted by Crippen LogP contribution is -2.38. The molecule has 8 nitrogen and oxygen atoms in total. The molecule has 0 rings (SSSR count). The van der Waals surface area contributed by atoms with Crippen molar-refractivity contribution in [2.24, 2.45) is 0 Å². The highest BCUT2D eigenvalue weighted by Crippen LogP contribution is 2.06. The van der Waals surface area contributed by atoms with E-state index in [4.69, 9.17) is 10.2 Å². The number of carboxylic acid groups (broad SMARTS) is 2. The molecule has 0 aliphatic carbocycles. The molecule has 0 aliphatic rings. The minimum Gasteiger partial charge on any atom is -0.480 e. The van der Waals surface area contributed by atoms with E-state index in [0.29, 0.717) is 12.8 Å². The van der Waals surface area contributed by atoms with Crippen LogP contribution in [-0.2, 0) is 19.2 Å². The summed E-state index contributed by atoms with van der Waals surface area (Å²) in [4.78, 5) is 43.9. The Hall–Kier alpha value is -2.12. The fourth-order valence-electron chi connectivity index (χ4n) is 1.68. The first kappa shape index (κ1) is 19.9. The highest BCUT2D eigenvalue weighted by atomic mass is 16.4. The fraction of sp³-hybridized carbons (Fsp3) is 0.714. The summed E-state index contributed by atoms with van der Waals surface area (Å²) in [6, 6.07) is -1.79. The molecule has 8 heteroatoms. The predicted molar refractivity (Wildman–Crippen MR) is 78.2 cm³/mol. The SMILES string of the molecule is C[C@H](NC(=O)CCCCCCC(=O)N[C@@H](C)C(=O)O)C(=O)O. The van der Waals surface area contributed by atoms with Crippen molar-refractivity contribution in [2.45, 2.75) is 64.5 Å². The van der Waals surface area contributed by atoms with E-state index in [2.05, 4.69) is 10.6 Å². The minimum atomic E-state index is -1.07. The zero-order chi connectivity index (χ0) is 17.1. The first-order chi connectivity index (χ1) is 10.2. The van der Waals surface area contributed by atoms with Crippen molar-refractivity contribution in [1.82, 2.24) is 10.6 Å². The van der Waals surface area contributed by atoms with Gasteiger partial charge in [0.2, 0.25) is 11.8 Å². The largest absolute Gasteiger partial charge is 0.480 e. The van der Waals surface area contributed by atoms with Gasteiger partial charge in [0.15, 0.2) is 0 Å². The van der Waals surface area contributed by atoms with Gasteiger partial charge in [-0.05, 0) is 26.7 Å². The van der Waals surface area contributed by atoms with Crippen LogP contribution in [0.2, 0.25) is 0 Å². The minimum absolute atomic E-state index is 0.250. The van der Waals surface area contributed by atoms with Crippen LogP contribution in [0.1, 0.15) is 52.4 Å². The van der Waals surface area contributed by atoms with Gasteiger partial charge in [0.25, 0.3) is 0 Å². The molecular formula is C14H24N2O6.